The lowest BCUT2D eigenvalue weighted by Gasteiger charge is -2.11. The number of para-hydroxylation sites is 1. The maximum Gasteiger partial charge on any atom is 0.353 e. The lowest BCUT2D eigenvalue weighted by Crippen LogP contribution is -2.15. The lowest BCUT2D eigenvalue weighted by atomic mass is 9.99. The molecule has 0 bridgehead atoms. The molecule has 8 nitrogen and oxygen atoms in total. The van der Waals surface area contributed by atoms with Crippen LogP contribution < -0.4 is 10.4 Å². The average Bonchev–Trinajstić information content (AvgIpc) is 3.03. The summed E-state index contributed by atoms with van der Waals surface area (Å²) in [5.74, 6) is -2.04. The van der Waals surface area contributed by atoms with E-state index in [-0.39, 0.29) is 23.4 Å². The number of nitrogens with zero attached hydrogens (tertiary/aromatic N) is 1. The summed E-state index contributed by atoms with van der Waals surface area (Å²) < 4.78 is 11.7. The summed E-state index contributed by atoms with van der Waals surface area (Å²) >= 11 is 0. The maximum atomic E-state index is 12.3. The summed E-state index contributed by atoms with van der Waals surface area (Å²) in [5, 5.41) is 11.0. The van der Waals surface area contributed by atoms with Gasteiger partial charge in [0.1, 0.15) is 17.0 Å². The van der Waals surface area contributed by atoms with Gasteiger partial charge < -0.3 is 14.3 Å². The van der Waals surface area contributed by atoms with Gasteiger partial charge in [0.05, 0.1) is 5.52 Å². The molecular formula is C23H17NO7. The zero-order valence-corrected chi connectivity index (χ0v) is 16.7. The molecule has 0 aliphatic heterocycles. The third kappa shape index (κ3) is 3.59. The number of aromatic carboxylic acids is 1. The van der Waals surface area contributed by atoms with Crippen LogP contribution in [0.2, 0.25) is 0 Å². The SMILES string of the molecule is CC(=O)Oc1cc2ccc(=O)oc2cc1Cc1c(C(=O)O)n(C(C)=O)c2ccccc12. The first-order valence-corrected chi connectivity index (χ1v) is 9.38. The normalized spacial score (nSPS) is 11.0. The highest BCUT2D eigenvalue weighted by atomic mass is 16.5. The number of hydrogen-bond donors (Lipinski definition) is 1. The Bertz CT molecular complexity index is 1440. The third-order valence-corrected chi connectivity index (χ3v) is 4.92. The van der Waals surface area contributed by atoms with Crippen LogP contribution in [0.15, 0.2) is 57.7 Å². The fourth-order valence-corrected chi connectivity index (χ4v) is 3.75. The van der Waals surface area contributed by atoms with Crippen LogP contribution in [0.3, 0.4) is 0 Å². The summed E-state index contributed by atoms with van der Waals surface area (Å²) in [6.07, 6.45) is 0.0274. The molecule has 2 heterocycles. The Balaban J connectivity index is 2.00. The molecular weight excluding hydrogens is 402 g/mol. The van der Waals surface area contributed by atoms with Gasteiger partial charge in [0.25, 0.3) is 0 Å². The minimum absolute atomic E-state index is 0.0274. The molecule has 4 aromatic rings. The highest BCUT2D eigenvalue weighted by Gasteiger charge is 2.25. The van der Waals surface area contributed by atoms with Crippen molar-refractivity contribution in [1.82, 2.24) is 4.57 Å². The molecule has 8 heteroatoms. The number of ether oxygens (including phenoxy) is 1. The molecule has 0 unspecified atom stereocenters. The van der Waals surface area contributed by atoms with E-state index in [0.717, 1.165) is 4.57 Å². The topological polar surface area (TPSA) is 116 Å². The zero-order valence-electron chi connectivity index (χ0n) is 16.7. The Morgan fingerprint density at radius 3 is 2.48 bits per heavy atom. The van der Waals surface area contributed by atoms with Crippen molar-refractivity contribution in [3.05, 3.63) is 75.8 Å². The van der Waals surface area contributed by atoms with Crippen LogP contribution in [0.5, 0.6) is 5.75 Å². The molecule has 31 heavy (non-hydrogen) atoms. The van der Waals surface area contributed by atoms with Crippen molar-refractivity contribution in [2.45, 2.75) is 20.3 Å². The highest BCUT2D eigenvalue weighted by molar-refractivity contribution is 6.05. The van der Waals surface area contributed by atoms with E-state index in [1.54, 1.807) is 42.5 Å². The second kappa shape index (κ2) is 7.56. The molecule has 0 atom stereocenters. The number of fused-ring (bicyclic) bond motifs is 2. The van der Waals surface area contributed by atoms with Crippen molar-refractivity contribution in [2.75, 3.05) is 0 Å². The standard InChI is InChI=1S/C23H17NO7/c1-12(25)24-18-6-4-3-5-16(18)17(22(24)23(28)29)9-15-11-19-14(7-8-21(27)31-19)10-20(15)30-13(2)26/h3-8,10-11H,9H2,1-2H3,(H,28,29). The van der Waals surface area contributed by atoms with E-state index in [0.29, 0.717) is 27.4 Å². The van der Waals surface area contributed by atoms with Crippen LogP contribution in [-0.4, -0.2) is 27.5 Å². The highest BCUT2D eigenvalue weighted by Crippen LogP contribution is 2.33. The predicted octanol–water partition coefficient (Wildman–Crippen LogP) is 3.62. The number of carboxylic acid groups (broad SMARTS) is 1. The molecule has 0 spiro atoms. The molecule has 1 N–H and O–H groups in total. The van der Waals surface area contributed by atoms with Gasteiger partial charge in [0.15, 0.2) is 0 Å². The summed E-state index contributed by atoms with van der Waals surface area (Å²) in [4.78, 5) is 47.7. The fraction of sp³-hybridized carbons (Fsp3) is 0.130. The molecule has 0 saturated carbocycles. The molecule has 0 aliphatic rings. The largest absolute Gasteiger partial charge is 0.477 e. The van der Waals surface area contributed by atoms with Crippen LogP contribution in [0.1, 0.15) is 40.3 Å². The van der Waals surface area contributed by atoms with Gasteiger partial charge in [-0.3, -0.25) is 14.2 Å². The second-order valence-electron chi connectivity index (χ2n) is 7.03. The lowest BCUT2D eigenvalue weighted by molar-refractivity contribution is -0.131. The monoisotopic (exact) mass is 419 g/mol. The van der Waals surface area contributed by atoms with Crippen molar-refractivity contribution in [1.29, 1.82) is 0 Å². The first-order chi connectivity index (χ1) is 14.8. The minimum atomic E-state index is -1.26. The van der Waals surface area contributed by atoms with Crippen molar-refractivity contribution >= 4 is 39.7 Å². The number of rotatable bonds is 4. The van der Waals surface area contributed by atoms with Gasteiger partial charge in [0, 0.05) is 42.7 Å². The molecule has 0 amide bonds. The first-order valence-electron chi connectivity index (χ1n) is 9.38. The van der Waals surface area contributed by atoms with Crippen LogP contribution in [0.25, 0.3) is 21.9 Å². The van der Waals surface area contributed by atoms with Crippen molar-refractivity contribution in [3.8, 4) is 5.75 Å². The van der Waals surface area contributed by atoms with Crippen LogP contribution >= 0.6 is 0 Å². The molecule has 156 valence electrons. The van der Waals surface area contributed by atoms with Crippen molar-refractivity contribution in [3.63, 3.8) is 0 Å². The zero-order chi connectivity index (χ0) is 22.3. The van der Waals surface area contributed by atoms with Crippen molar-refractivity contribution < 1.29 is 28.6 Å². The smallest absolute Gasteiger partial charge is 0.353 e. The van der Waals surface area contributed by atoms with Gasteiger partial charge in [-0.05, 0) is 29.8 Å². The van der Waals surface area contributed by atoms with Crippen molar-refractivity contribution in [2.24, 2.45) is 0 Å². The van der Waals surface area contributed by atoms with Gasteiger partial charge in [-0.1, -0.05) is 18.2 Å². The van der Waals surface area contributed by atoms with Crippen LogP contribution in [-0.2, 0) is 11.2 Å². The van der Waals surface area contributed by atoms with Gasteiger partial charge in [-0.25, -0.2) is 9.59 Å². The number of carboxylic acids is 1. The van der Waals surface area contributed by atoms with E-state index in [1.165, 1.54) is 19.9 Å². The Morgan fingerprint density at radius 1 is 1.06 bits per heavy atom. The Kier molecular flexibility index (Phi) is 4.90. The summed E-state index contributed by atoms with van der Waals surface area (Å²) in [6, 6.07) is 12.7. The molecule has 0 radical (unpaired) electrons. The summed E-state index contributed by atoms with van der Waals surface area (Å²) in [5.41, 5.74) is 0.833. The van der Waals surface area contributed by atoms with E-state index in [2.05, 4.69) is 0 Å². The average molecular weight is 419 g/mol. The predicted molar refractivity (Wildman–Crippen MR) is 112 cm³/mol. The molecule has 4 rings (SSSR count). The van der Waals surface area contributed by atoms with E-state index >= 15 is 0 Å². The van der Waals surface area contributed by atoms with E-state index in [4.69, 9.17) is 9.15 Å². The summed E-state index contributed by atoms with van der Waals surface area (Å²) in [7, 11) is 0. The van der Waals surface area contributed by atoms with E-state index in [9.17, 15) is 24.3 Å². The Morgan fingerprint density at radius 2 is 1.81 bits per heavy atom. The second-order valence-corrected chi connectivity index (χ2v) is 7.03. The number of carbonyl (C=O) groups is 3. The Labute approximate surface area is 175 Å². The Hall–Kier alpha value is -4.20. The maximum absolute atomic E-state index is 12.3. The number of aromatic nitrogens is 1. The van der Waals surface area contributed by atoms with E-state index < -0.39 is 23.5 Å². The number of carbonyl (C=O) groups excluding carboxylic acids is 2. The quantitative estimate of drug-likeness (QED) is 0.305. The molecule has 0 aliphatic carbocycles. The van der Waals surface area contributed by atoms with E-state index in [1.807, 2.05) is 0 Å². The first kappa shape index (κ1) is 20.1. The third-order valence-electron chi connectivity index (χ3n) is 4.92. The van der Waals surface area contributed by atoms with Gasteiger partial charge in [-0.2, -0.15) is 0 Å². The number of benzene rings is 2. The van der Waals surface area contributed by atoms with Gasteiger partial charge in [0.2, 0.25) is 5.91 Å². The van der Waals surface area contributed by atoms with Crippen LogP contribution in [0, 0.1) is 0 Å². The molecule has 2 aromatic heterocycles. The van der Waals surface area contributed by atoms with Gasteiger partial charge >= 0.3 is 17.6 Å². The fourth-order valence-electron chi connectivity index (χ4n) is 3.75. The number of hydrogen-bond acceptors (Lipinski definition) is 6. The van der Waals surface area contributed by atoms with Crippen LogP contribution in [0.4, 0.5) is 0 Å². The molecule has 0 saturated heterocycles. The molecule has 0 fully saturated rings. The van der Waals surface area contributed by atoms with Gasteiger partial charge in [-0.15, -0.1) is 0 Å². The minimum Gasteiger partial charge on any atom is -0.477 e. The molecule has 2 aromatic carbocycles. The number of esters is 1. The summed E-state index contributed by atoms with van der Waals surface area (Å²) in [6.45, 7) is 2.54.